The number of nitrogens with zero attached hydrogens (tertiary/aromatic N) is 1. The molecule has 0 aromatic heterocycles. The zero-order chi connectivity index (χ0) is 9.97. The van der Waals surface area contributed by atoms with Gasteiger partial charge in [0.15, 0.2) is 0 Å². The van der Waals surface area contributed by atoms with E-state index in [0.717, 1.165) is 19.0 Å². The molecule has 0 radical (unpaired) electrons. The minimum absolute atomic E-state index is 0.736. The molecule has 0 amide bonds. The van der Waals surface area contributed by atoms with Crippen LogP contribution in [0, 0.1) is 12.8 Å². The largest absolute Gasteiger partial charge is 0.330 e. The Morgan fingerprint density at radius 1 is 1.43 bits per heavy atom. The van der Waals surface area contributed by atoms with Gasteiger partial charge in [-0.15, -0.1) is 0 Å². The number of rotatable bonds is 3. The standard InChI is InChI=1S/C12H18N2/c1-10-3-2-4-11(5-10)7-14-8-12(6-13)9-14/h2-5,12H,6-9,13H2,1H3. The van der Waals surface area contributed by atoms with Gasteiger partial charge in [-0.2, -0.15) is 0 Å². The van der Waals surface area contributed by atoms with E-state index in [1.54, 1.807) is 0 Å². The molecule has 1 saturated heterocycles. The van der Waals surface area contributed by atoms with Crippen molar-refractivity contribution in [2.75, 3.05) is 19.6 Å². The highest BCUT2D eigenvalue weighted by Crippen LogP contribution is 2.17. The van der Waals surface area contributed by atoms with E-state index in [2.05, 4.69) is 36.1 Å². The lowest BCUT2D eigenvalue weighted by Gasteiger charge is -2.38. The molecular weight excluding hydrogens is 172 g/mol. The molecule has 1 aromatic carbocycles. The Hall–Kier alpha value is -0.860. The third-order valence-corrected chi connectivity index (χ3v) is 2.85. The lowest BCUT2D eigenvalue weighted by molar-refractivity contribution is 0.0979. The Kier molecular flexibility index (Phi) is 2.85. The van der Waals surface area contributed by atoms with Gasteiger partial charge in [0, 0.05) is 19.6 Å². The third kappa shape index (κ3) is 2.14. The van der Waals surface area contributed by atoms with Crippen molar-refractivity contribution in [3.05, 3.63) is 35.4 Å². The average molecular weight is 190 g/mol. The predicted octanol–water partition coefficient (Wildman–Crippen LogP) is 1.39. The smallest absolute Gasteiger partial charge is 0.0234 e. The first-order chi connectivity index (χ1) is 6.78. The number of hydrogen-bond acceptors (Lipinski definition) is 2. The van der Waals surface area contributed by atoms with Gasteiger partial charge >= 0.3 is 0 Å². The summed E-state index contributed by atoms with van der Waals surface area (Å²) in [6.07, 6.45) is 0. The number of likely N-dealkylation sites (tertiary alicyclic amines) is 1. The molecule has 0 unspecified atom stereocenters. The van der Waals surface area contributed by atoms with Crippen molar-refractivity contribution in [2.24, 2.45) is 11.7 Å². The summed E-state index contributed by atoms with van der Waals surface area (Å²) >= 11 is 0. The van der Waals surface area contributed by atoms with Crippen LogP contribution in [-0.4, -0.2) is 24.5 Å². The summed E-state index contributed by atoms with van der Waals surface area (Å²) in [6.45, 7) is 6.40. The van der Waals surface area contributed by atoms with Crippen LogP contribution >= 0.6 is 0 Å². The average Bonchev–Trinajstić information content (AvgIpc) is 2.10. The highest BCUT2D eigenvalue weighted by Gasteiger charge is 2.24. The summed E-state index contributed by atoms with van der Waals surface area (Å²) in [4.78, 5) is 2.45. The Bertz CT molecular complexity index is 303. The molecule has 1 heterocycles. The summed E-state index contributed by atoms with van der Waals surface area (Å²) in [6, 6.07) is 8.73. The van der Waals surface area contributed by atoms with Crippen LogP contribution in [0.2, 0.25) is 0 Å². The molecule has 14 heavy (non-hydrogen) atoms. The van der Waals surface area contributed by atoms with E-state index in [4.69, 9.17) is 5.73 Å². The summed E-state index contributed by atoms with van der Waals surface area (Å²) in [5.74, 6) is 0.736. The van der Waals surface area contributed by atoms with Crippen molar-refractivity contribution in [3.8, 4) is 0 Å². The minimum atomic E-state index is 0.736. The van der Waals surface area contributed by atoms with Gasteiger partial charge in [0.25, 0.3) is 0 Å². The molecule has 1 aliphatic heterocycles. The predicted molar refractivity (Wildman–Crippen MR) is 59.0 cm³/mol. The molecule has 0 atom stereocenters. The first-order valence-corrected chi connectivity index (χ1v) is 5.26. The van der Waals surface area contributed by atoms with Crippen molar-refractivity contribution in [2.45, 2.75) is 13.5 Å². The van der Waals surface area contributed by atoms with E-state index in [1.165, 1.54) is 24.2 Å². The quantitative estimate of drug-likeness (QED) is 0.780. The molecule has 0 bridgehead atoms. The van der Waals surface area contributed by atoms with Gasteiger partial charge in [-0.05, 0) is 24.9 Å². The maximum Gasteiger partial charge on any atom is 0.0234 e. The molecular formula is C12H18N2. The molecule has 0 saturated carbocycles. The second-order valence-electron chi connectivity index (χ2n) is 4.28. The SMILES string of the molecule is Cc1cccc(CN2CC(CN)C2)c1. The number of nitrogens with two attached hydrogens (primary N) is 1. The first-order valence-electron chi connectivity index (χ1n) is 5.26. The Balaban J connectivity index is 1.87. The topological polar surface area (TPSA) is 29.3 Å². The number of benzene rings is 1. The molecule has 0 aliphatic carbocycles. The number of aryl methyl sites for hydroxylation is 1. The van der Waals surface area contributed by atoms with Gasteiger partial charge in [0.2, 0.25) is 0 Å². The van der Waals surface area contributed by atoms with Crippen LogP contribution in [-0.2, 0) is 6.54 Å². The molecule has 1 aliphatic rings. The van der Waals surface area contributed by atoms with Crippen molar-refractivity contribution in [3.63, 3.8) is 0 Å². The molecule has 1 fully saturated rings. The van der Waals surface area contributed by atoms with Crippen LogP contribution < -0.4 is 5.73 Å². The van der Waals surface area contributed by atoms with Crippen LogP contribution in [0.3, 0.4) is 0 Å². The zero-order valence-electron chi connectivity index (χ0n) is 8.74. The summed E-state index contributed by atoms with van der Waals surface area (Å²) in [5.41, 5.74) is 8.35. The zero-order valence-corrected chi connectivity index (χ0v) is 8.74. The Morgan fingerprint density at radius 2 is 2.21 bits per heavy atom. The Morgan fingerprint density at radius 3 is 2.86 bits per heavy atom. The second kappa shape index (κ2) is 4.11. The van der Waals surface area contributed by atoms with Crippen LogP contribution in [0.25, 0.3) is 0 Å². The van der Waals surface area contributed by atoms with Gasteiger partial charge in [-0.25, -0.2) is 0 Å². The van der Waals surface area contributed by atoms with Gasteiger partial charge in [-0.3, -0.25) is 4.90 Å². The van der Waals surface area contributed by atoms with Gasteiger partial charge in [-0.1, -0.05) is 29.8 Å². The van der Waals surface area contributed by atoms with Gasteiger partial charge < -0.3 is 5.73 Å². The summed E-state index contributed by atoms with van der Waals surface area (Å²) < 4.78 is 0. The summed E-state index contributed by atoms with van der Waals surface area (Å²) in [7, 11) is 0. The normalized spacial score (nSPS) is 18.1. The maximum absolute atomic E-state index is 5.59. The third-order valence-electron chi connectivity index (χ3n) is 2.85. The fourth-order valence-corrected chi connectivity index (χ4v) is 2.02. The lowest BCUT2D eigenvalue weighted by atomic mass is 9.99. The summed E-state index contributed by atoms with van der Waals surface area (Å²) in [5, 5.41) is 0. The van der Waals surface area contributed by atoms with Crippen LogP contribution in [0.1, 0.15) is 11.1 Å². The maximum atomic E-state index is 5.59. The van der Waals surface area contributed by atoms with Gasteiger partial charge in [0.1, 0.15) is 0 Å². The van der Waals surface area contributed by atoms with E-state index in [1.807, 2.05) is 0 Å². The lowest BCUT2D eigenvalue weighted by Crippen LogP contribution is -2.49. The van der Waals surface area contributed by atoms with Crippen molar-refractivity contribution >= 4 is 0 Å². The van der Waals surface area contributed by atoms with Gasteiger partial charge in [0.05, 0.1) is 0 Å². The fourth-order valence-electron chi connectivity index (χ4n) is 2.02. The second-order valence-corrected chi connectivity index (χ2v) is 4.28. The first kappa shape index (κ1) is 9.69. The minimum Gasteiger partial charge on any atom is -0.330 e. The van der Waals surface area contributed by atoms with Crippen LogP contribution in [0.15, 0.2) is 24.3 Å². The molecule has 1 aromatic rings. The van der Waals surface area contributed by atoms with E-state index in [0.29, 0.717) is 0 Å². The fraction of sp³-hybridized carbons (Fsp3) is 0.500. The molecule has 0 spiro atoms. The van der Waals surface area contributed by atoms with Crippen molar-refractivity contribution in [1.82, 2.24) is 4.90 Å². The van der Waals surface area contributed by atoms with Crippen molar-refractivity contribution in [1.29, 1.82) is 0 Å². The van der Waals surface area contributed by atoms with E-state index in [-0.39, 0.29) is 0 Å². The van der Waals surface area contributed by atoms with E-state index < -0.39 is 0 Å². The highest BCUT2D eigenvalue weighted by molar-refractivity contribution is 5.22. The molecule has 2 nitrogen and oxygen atoms in total. The van der Waals surface area contributed by atoms with Crippen molar-refractivity contribution < 1.29 is 0 Å². The highest BCUT2D eigenvalue weighted by atomic mass is 15.2. The molecule has 2 heteroatoms. The van der Waals surface area contributed by atoms with Crippen LogP contribution in [0.4, 0.5) is 0 Å². The van der Waals surface area contributed by atoms with E-state index >= 15 is 0 Å². The molecule has 2 N–H and O–H groups in total. The molecule has 2 rings (SSSR count). The Labute approximate surface area is 85.7 Å². The monoisotopic (exact) mass is 190 g/mol. The van der Waals surface area contributed by atoms with Crippen LogP contribution in [0.5, 0.6) is 0 Å². The van der Waals surface area contributed by atoms with E-state index in [9.17, 15) is 0 Å². The molecule has 76 valence electrons. The number of hydrogen-bond donors (Lipinski definition) is 1.